The van der Waals surface area contributed by atoms with Crippen LogP contribution in [0.5, 0.6) is 11.5 Å². The number of carbonyl (C=O) groups is 1. The van der Waals surface area contributed by atoms with Gasteiger partial charge in [0.25, 0.3) is 0 Å². The lowest BCUT2D eigenvalue weighted by Gasteiger charge is -2.25. The second kappa shape index (κ2) is 5.73. The summed E-state index contributed by atoms with van der Waals surface area (Å²) in [6.45, 7) is 6.29. The molecule has 20 heavy (non-hydrogen) atoms. The van der Waals surface area contributed by atoms with Crippen LogP contribution < -0.4 is 9.47 Å². The zero-order valence-corrected chi connectivity index (χ0v) is 12.6. The predicted octanol–water partition coefficient (Wildman–Crippen LogP) is 4.06. The van der Waals surface area contributed by atoms with Gasteiger partial charge in [-0.05, 0) is 42.4 Å². The third kappa shape index (κ3) is 3.65. The maximum Gasteiger partial charge on any atom is 0.514 e. The zero-order valence-electron chi connectivity index (χ0n) is 12.6. The van der Waals surface area contributed by atoms with E-state index in [1.807, 2.05) is 12.1 Å². The van der Waals surface area contributed by atoms with Crippen molar-refractivity contribution in [3.05, 3.63) is 23.8 Å². The number of carbonyl (C=O) groups excluding carboxylic acids is 1. The van der Waals surface area contributed by atoms with Gasteiger partial charge in [-0.1, -0.05) is 20.8 Å². The average Bonchev–Trinajstić information content (AvgIpc) is 2.32. The Kier molecular flexibility index (Phi) is 4.21. The Morgan fingerprint density at radius 2 is 1.80 bits per heavy atom. The highest BCUT2D eigenvalue weighted by molar-refractivity contribution is 5.64. The summed E-state index contributed by atoms with van der Waals surface area (Å²) in [4.78, 5) is 11.7. The van der Waals surface area contributed by atoms with E-state index in [4.69, 9.17) is 14.2 Å². The molecule has 110 valence electrons. The second-order valence-electron chi connectivity index (χ2n) is 6.17. The first kappa shape index (κ1) is 14.7. The van der Waals surface area contributed by atoms with Gasteiger partial charge in [0.15, 0.2) is 0 Å². The molecule has 4 nitrogen and oxygen atoms in total. The minimum atomic E-state index is -0.636. The van der Waals surface area contributed by atoms with E-state index in [0.29, 0.717) is 11.5 Å². The SMILES string of the molecule is COc1cc(OC(=O)OC2CCC2)cc(C(C)(C)C)c1. The quantitative estimate of drug-likeness (QED) is 0.618. The first-order valence-corrected chi connectivity index (χ1v) is 6.96. The van der Waals surface area contributed by atoms with Gasteiger partial charge in [0.1, 0.15) is 17.6 Å². The molecule has 0 heterocycles. The topological polar surface area (TPSA) is 44.8 Å². The van der Waals surface area contributed by atoms with Crippen LogP contribution in [0.1, 0.15) is 45.6 Å². The molecule has 0 unspecified atom stereocenters. The van der Waals surface area contributed by atoms with Crippen LogP contribution in [-0.4, -0.2) is 19.4 Å². The van der Waals surface area contributed by atoms with Gasteiger partial charge in [0.2, 0.25) is 0 Å². The van der Waals surface area contributed by atoms with Crippen LogP contribution in [0.3, 0.4) is 0 Å². The lowest BCUT2D eigenvalue weighted by molar-refractivity contribution is 0.0227. The van der Waals surface area contributed by atoms with E-state index < -0.39 is 6.16 Å². The zero-order chi connectivity index (χ0) is 14.8. The monoisotopic (exact) mass is 278 g/mol. The fourth-order valence-corrected chi connectivity index (χ4v) is 1.93. The first-order valence-electron chi connectivity index (χ1n) is 6.96. The summed E-state index contributed by atoms with van der Waals surface area (Å²) in [5.41, 5.74) is 0.994. The van der Waals surface area contributed by atoms with Crippen molar-refractivity contribution < 1.29 is 19.0 Å². The predicted molar refractivity (Wildman–Crippen MR) is 76.4 cm³/mol. The summed E-state index contributed by atoms with van der Waals surface area (Å²) in [5, 5.41) is 0. The van der Waals surface area contributed by atoms with Crippen LogP contribution >= 0.6 is 0 Å². The van der Waals surface area contributed by atoms with Crippen molar-refractivity contribution in [2.24, 2.45) is 0 Å². The van der Waals surface area contributed by atoms with E-state index in [9.17, 15) is 4.79 Å². The van der Waals surface area contributed by atoms with Crippen molar-refractivity contribution in [2.75, 3.05) is 7.11 Å². The number of benzene rings is 1. The van der Waals surface area contributed by atoms with E-state index in [0.717, 1.165) is 24.8 Å². The molecule has 0 N–H and O–H groups in total. The average molecular weight is 278 g/mol. The van der Waals surface area contributed by atoms with Crippen molar-refractivity contribution in [3.8, 4) is 11.5 Å². The highest BCUT2D eigenvalue weighted by atomic mass is 16.7. The Labute approximate surface area is 120 Å². The molecular formula is C16H22O4. The van der Waals surface area contributed by atoms with Gasteiger partial charge in [-0.15, -0.1) is 0 Å². The van der Waals surface area contributed by atoms with Crippen LogP contribution in [0, 0.1) is 0 Å². The van der Waals surface area contributed by atoms with E-state index in [2.05, 4.69) is 20.8 Å². The highest BCUT2D eigenvalue weighted by Crippen LogP contribution is 2.31. The molecule has 0 aliphatic heterocycles. The molecule has 1 aliphatic rings. The fraction of sp³-hybridized carbons (Fsp3) is 0.562. The van der Waals surface area contributed by atoms with Crippen molar-refractivity contribution in [2.45, 2.75) is 51.6 Å². The molecule has 1 saturated carbocycles. The number of ether oxygens (including phenoxy) is 3. The van der Waals surface area contributed by atoms with E-state index in [1.54, 1.807) is 13.2 Å². The van der Waals surface area contributed by atoms with Crippen LogP contribution in [0.15, 0.2) is 18.2 Å². The molecule has 1 aromatic carbocycles. The fourth-order valence-electron chi connectivity index (χ4n) is 1.93. The summed E-state index contributed by atoms with van der Waals surface area (Å²) in [6.07, 6.45) is 2.37. The molecule has 0 saturated heterocycles. The van der Waals surface area contributed by atoms with Gasteiger partial charge in [-0.3, -0.25) is 0 Å². The van der Waals surface area contributed by atoms with Gasteiger partial charge in [0, 0.05) is 6.07 Å². The summed E-state index contributed by atoms with van der Waals surface area (Å²) >= 11 is 0. The molecule has 1 aliphatic carbocycles. The Hall–Kier alpha value is -1.71. The van der Waals surface area contributed by atoms with Crippen LogP contribution in [-0.2, 0) is 10.2 Å². The van der Waals surface area contributed by atoms with E-state index in [1.165, 1.54) is 0 Å². The number of methoxy groups -OCH3 is 1. The summed E-state index contributed by atoms with van der Waals surface area (Å²) in [7, 11) is 1.60. The maximum absolute atomic E-state index is 11.7. The molecule has 1 aromatic rings. The van der Waals surface area contributed by atoms with Crippen LogP contribution in [0.4, 0.5) is 4.79 Å². The largest absolute Gasteiger partial charge is 0.514 e. The lowest BCUT2D eigenvalue weighted by atomic mass is 9.87. The maximum atomic E-state index is 11.7. The van der Waals surface area contributed by atoms with Gasteiger partial charge >= 0.3 is 6.16 Å². The van der Waals surface area contributed by atoms with Gasteiger partial charge in [-0.2, -0.15) is 0 Å². The minimum absolute atomic E-state index is 0.0233. The molecule has 1 fully saturated rings. The smallest absolute Gasteiger partial charge is 0.497 e. The van der Waals surface area contributed by atoms with Crippen molar-refractivity contribution >= 4 is 6.16 Å². The molecule has 0 atom stereocenters. The van der Waals surface area contributed by atoms with Gasteiger partial charge in [0.05, 0.1) is 7.11 Å². The van der Waals surface area contributed by atoms with E-state index >= 15 is 0 Å². The molecule has 0 spiro atoms. The van der Waals surface area contributed by atoms with Crippen molar-refractivity contribution in [1.29, 1.82) is 0 Å². The number of hydrogen-bond donors (Lipinski definition) is 0. The first-order chi connectivity index (χ1) is 9.38. The summed E-state index contributed by atoms with van der Waals surface area (Å²) in [5.74, 6) is 1.13. The third-order valence-electron chi connectivity index (χ3n) is 3.50. The van der Waals surface area contributed by atoms with E-state index in [-0.39, 0.29) is 11.5 Å². The Morgan fingerprint density at radius 1 is 1.15 bits per heavy atom. The van der Waals surface area contributed by atoms with Gasteiger partial charge in [-0.25, -0.2) is 4.79 Å². The standard InChI is InChI=1S/C16H22O4/c1-16(2,3)11-8-13(18-4)10-14(9-11)20-15(17)19-12-6-5-7-12/h8-10,12H,5-7H2,1-4H3. The minimum Gasteiger partial charge on any atom is -0.497 e. The Balaban J connectivity index is 2.11. The molecular weight excluding hydrogens is 256 g/mol. The number of rotatable bonds is 3. The summed E-state index contributed by atoms with van der Waals surface area (Å²) in [6, 6.07) is 5.49. The Bertz CT molecular complexity index is 484. The molecule has 0 amide bonds. The molecule has 0 bridgehead atoms. The van der Waals surface area contributed by atoms with Crippen molar-refractivity contribution in [1.82, 2.24) is 0 Å². The van der Waals surface area contributed by atoms with Crippen LogP contribution in [0.25, 0.3) is 0 Å². The molecule has 2 rings (SSSR count). The third-order valence-corrected chi connectivity index (χ3v) is 3.50. The van der Waals surface area contributed by atoms with Gasteiger partial charge < -0.3 is 14.2 Å². The second-order valence-corrected chi connectivity index (χ2v) is 6.17. The number of hydrogen-bond acceptors (Lipinski definition) is 4. The molecule has 0 radical (unpaired) electrons. The van der Waals surface area contributed by atoms with Crippen LogP contribution in [0.2, 0.25) is 0 Å². The lowest BCUT2D eigenvalue weighted by Crippen LogP contribution is -2.26. The molecule has 0 aromatic heterocycles. The highest BCUT2D eigenvalue weighted by Gasteiger charge is 2.23. The Morgan fingerprint density at radius 3 is 2.30 bits per heavy atom. The molecule has 4 heteroatoms. The van der Waals surface area contributed by atoms with Crippen molar-refractivity contribution in [3.63, 3.8) is 0 Å². The normalized spacial score (nSPS) is 15.4. The summed E-state index contributed by atoms with van der Waals surface area (Å²) < 4.78 is 15.7.